The molecule has 9 heteroatoms. The largest absolute Gasteiger partial charge is 0.375 e. The molecule has 8 nitrogen and oxygen atoms in total. The van der Waals surface area contributed by atoms with Gasteiger partial charge in [0.2, 0.25) is 0 Å². The molecule has 2 aromatic heterocycles. The van der Waals surface area contributed by atoms with Crippen LogP contribution in [0.25, 0.3) is 0 Å². The number of para-hydroxylation sites is 1. The van der Waals surface area contributed by atoms with E-state index in [1.165, 1.54) is 5.69 Å². The molecule has 0 saturated carbocycles. The minimum atomic E-state index is 0. The van der Waals surface area contributed by atoms with Gasteiger partial charge in [-0.25, -0.2) is 4.99 Å². The molecule has 3 rings (SSSR count). The molecule has 32 heavy (non-hydrogen) atoms. The molecule has 0 aliphatic heterocycles. The number of rotatable bonds is 10. The van der Waals surface area contributed by atoms with Crippen LogP contribution in [0.4, 0.5) is 5.69 Å². The zero-order valence-corrected chi connectivity index (χ0v) is 21.4. The van der Waals surface area contributed by atoms with Gasteiger partial charge < -0.3 is 20.1 Å². The molecule has 0 aliphatic carbocycles. The molecular weight excluding hydrogens is 515 g/mol. The molecule has 0 spiro atoms. The summed E-state index contributed by atoms with van der Waals surface area (Å²) in [6, 6.07) is 16.4. The molecule has 0 radical (unpaired) electrons. The predicted octanol–water partition coefficient (Wildman–Crippen LogP) is 2.94. The topological polar surface area (TPSA) is 83.3 Å². The first-order valence-corrected chi connectivity index (χ1v) is 10.7. The third-order valence-electron chi connectivity index (χ3n) is 5.12. The molecule has 0 fully saturated rings. The zero-order chi connectivity index (χ0) is 21.9. The van der Waals surface area contributed by atoms with E-state index in [0.29, 0.717) is 6.54 Å². The van der Waals surface area contributed by atoms with Crippen molar-refractivity contribution in [1.29, 1.82) is 0 Å². The molecular formula is C23H33IN8. The van der Waals surface area contributed by atoms with Gasteiger partial charge in [-0.1, -0.05) is 24.3 Å². The van der Waals surface area contributed by atoms with Gasteiger partial charge in [0.25, 0.3) is 0 Å². The van der Waals surface area contributed by atoms with Crippen molar-refractivity contribution in [2.75, 3.05) is 31.6 Å². The van der Waals surface area contributed by atoms with Gasteiger partial charge in [0.15, 0.2) is 11.8 Å². The fourth-order valence-electron chi connectivity index (χ4n) is 3.10. The van der Waals surface area contributed by atoms with Gasteiger partial charge in [0.05, 0.1) is 0 Å². The lowest BCUT2D eigenvalue weighted by Gasteiger charge is -2.19. The third-order valence-corrected chi connectivity index (χ3v) is 5.12. The lowest BCUT2D eigenvalue weighted by molar-refractivity contribution is 0.713. The molecule has 0 atom stereocenters. The first-order valence-electron chi connectivity index (χ1n) is 10.7. The number of hydrogen-bond donors (Lipinski definition) is 2. The molecule has 2 heterocycles. The third kappa shape index (κ3) is 8.10. The molecule has 0 amide bonds. The van der Waals surface area contributed by atoms with Crippen LogP contribution in [0.5, 0.6) is 0 Å². The van der Waals surface area contributed by atoms with Crippen LogP contribution in [0, 0.1) is 6.92 Å². The number of pyridine rings is 1. The Kier molecular flexibility index (Phi) is 10.9. The Bertz CT molecular complexity index is 943. The van der Waals surface area contributed by atoms with Crippen molar-refractivity contribution >= 4 is 35.6 Å². The summed E-state index contributed by atoms with van der Waals surface area (Å²) < 4.78 is 1.96. The van der Waals surface area contributed by atoms with E-state index in [4.69, 9.17) is 4.99 Å². The molecule has 2 N–H and O–H groups in total. The van der Waals surface area contributed by atoms with E-state index in [0.717, 1.165) is 55.8 Å². The Morgan fingerprint density at radius 2 is 1.78 bits per heavy atom. The van der Waals surface area contributed by atoms with E-state index < -0.39 is 0 Å². The Morgan fingerprint density at radius 3 is 2.47 bits per heavy atom. The Balaban J connectivity index is 0.00000363. The van der Waals surface area contributed by atoms with E-state index in [9.17, 15) is 0 Å². The number of anilines is 1. The number of halogens is 1. The second-order valence-electron chi connectivity index (χ2n) is 7.42. The summed E-state index contributed by atoms with van der Waals surface area (Å²) in [5.41, 5.74) is 2.28. The van der Waals surface area contributed by atoms with Gasteiger partial charge in [-0.2, -0.15) is 0 Å². The second-order valence-corrected chi connectivity index (χ2v) is 7.42. The van der Waals surface area contributed by atoms with Crippen molar-refractivity contribution in [3.63, 3.8) is 0 Å². The summed E-state index contributed by atoms with van der Waals surface area (Å²) in [4.78, 5) is 11.4. The van der Waals surface area contributed by atoms with Crippen LogP contribution in [0.2, 0.25) is 0 Å². The summed E-state index contributed by atoms with van der Waals surface area (Å²) in [5.74, 6) is 2.50. The maximum atomic E-state index is 4.71. The fraction of sp³-hybridized carbons (Fsp3) is 0.391. The van der Waals surface area contributed by atoms with Crippen molar-refractivity contribution in [3.05, 3.63) is 72.1 Å². The highest BCUT2D eigenvalue weighted by Gasteiger charge is 2.06. The standard InChI is InChI=1S/C23H32N8.HI/c1-19-28-29-22(31(19)3)18-27-23(26-16-13-20-10-7-8-14-24-20)25-15-9-17-30(2)21-11-5-4-6-12-21;/h4-8,10-12,14H,9,13,15-18H2,1-3H3,(H2,25,26,27);1H. The van der Waals surface area contributed by atoms with Crippen molar-refractivity contribution in [2.24, 2.45) is 12.0 Å². The highest BCUT2D eigenvalue weighted by atomic mass is 127. The summed E-state index contributed by atoms with van der Waals surface area (Å²) in [6.45, 7) is 4.95. The minimum absolute atomic E-state index is 0. The lowest BCUT2D eigenvalue weighted by atomic mass is 10.3. The van der Waals surface area contributed by atoms with Crippen molar-refractivity contribution in [1.82, 2.24) is 30.4 Å². The summed E-state index contributed by atoms with van der Waals surface area (Å²) in [6.07, 6.45) is 3.65. The molecule has 0 unspecified atom stereocenters. The van der Waals surface area contributed by atoms with Gasteiger partial charge in [0.1, 0.15) is 12.4 Å². The van der Waals surface area contributed by atoms with Crippen molar-refractivity contribution in [2.45, 2.75) is 26.3 Å². The lowest BCUT2D eigenvalue weighted by Crippen LogP contribution is -2.39. The number of nitrogens with one attached hydrogen (secondary N) is 2. The minimum Gasteiger partial charge on any atom is -0.375 e. The van der Waals surface area contributed by atoms with Crippen molar-refractivity contribution in [3.8, 4) is 0 Å². The van der Waals surface area contributed by atoms with Gasteiger partial charge in [-0.05, 0) is 37.6 Å². The number of aryl methyl sites for hydroxylation is 1. The average molecular weight is 548 g/mol. The van der Waals surface area contributed by atoms with Crippen LogP contribution >= 0.6 is 24.0 Å². The fourth-order valence-corrected chi connectivity index (χ4v) is 3.10. The van der Waals surface area contributed by atoms with Gasteiger partial charge in [0, 0.05) is 57.7 Å². The SMILES string of the molecule is Cc1nnc(CN=C(NCCCN(C)c2ccccc2)NCCc2ccccn2)n1C.I. The smallest absolute Gasteiger partial charge is 0.191 e. The number of aliphatic imine (C=N–C) groups is 1. The van der Waals surface area contributed by atoms with E-state index >= 15 is 0 Å². The highest BCUT2D eigenvalue weighted by Crippen LogP contribution is 2.10. The molecule has 0 aliphatic rings. The second kappa shape index (κ2) is 13.7. The monoisotopic (exact) mass is 548 g/mol. The first-order chi connectivity index (χ1) is 15.1. The number of nitrogens with zero attached hydrogens (tertiary/aromatic N) is 6. The summed E-state index contributed by atoms with van der Waals surface area (Å²) in [7, 11) is 4.08. The predicted molar refractivity (Wildman–Crippen MR) is 141 cm³/mol. The van der Waals surface area contributed by atoms with Gasteiger partial charge >= 0.3 is 0 Å². The quantitative estimate of drug-likeness (QED) is 0.176. The molecule has 1 aromatic carbocycles. The number of guanidine groups is 1. The van der Waals surface area contributed by atoms with Crippen LogP contribution in [-0.2, 0) is 20.0 Å². The molecule has 0 bridgehead atoms. The van der Waals surface area contributed by atoms with E-state index in [2.05, 4.69) is 62.0 Å². The number of benzene rings is 1. The Labute approximate surface area is 207 Å². The average Bonchev–Trinajstić information content (AvgIpc) is 3.13. The van der Waals surface area contributed by atoms with Crippen LogP contribution in [0.15, 0.2) is 59.7 Å². The molecule has 172 valence electrons. The Morgan fingerprint density at radius 1 is 1.03 bits per heavy atom. The van der Waals surface area contributed by atoms with Crippen molar-refractivity contribution < 1.29 is 0 Å². The van der Waals surface area contributed by atoms with Crippen LogP contribution in [0.1, 0.15) is 23.8 Å². The Hall–Kier alpha value is -2.69. The zero-order valence-electron chi connectivity index (χ0n) is 19.0. The molecule has 0 saturated heterocycles. The maximum Gasteiger partial charge on any atom is 0.191 e. The normalized spacial score (nSPS) is 11.0. The van der Waals surface area contributed by atoms with Crippen LogP contribution in [0.3, 0.4) is 0 Å². The maximum absolute atomic E-state index is 4.71. The molecule has 3 aromatic rings. The van der Waals surface area contributed by atoms with E-state index in [-0.39, 0.29) is 24.0 Å². The number of aromatic nitrogens is 4. The van der Waals surface area contributed by atoms with E-state index in [1.54, 1.807) is 0 Å². The van der Waals surface area contributed by atoms with Crippen LogP contribution in [-0.4, -0.2) is 52.4 Å². The first kappa shape index (κ1) is 25.6. The van der Waals surface area contributed by atoms with E-state index in [1.807, 2.05) is 49.0 Å². The van der Waals surface area contributed by atoms with Gasteiger partial charge in [-0.15, -0.1) is 34.2 Å². The number of hydrogen-bond acceptors (Lipinski definition) is 5. The summed E-state index contributed by atoms with van der Waals surface area (Å²) >= 11 is 0. The van der Waals surface area contributed by atoms with Crippen LogP contribution < -0.4 is 15.5 Å². The highest BCUT2D eigenvalue weighted by molar-refractivity contribution is 14.0. The summed E-state index contributed by atoms with van der Waals surface area (Å²) in [5, 5.41) is 15.2. The van der Waals surface area contributed by atoms with Gasteiger partial charge in [-0.3, -0.25) is 4.98 Å².